The molecule has 1 heterocycles. The Morgan fingerprint density at radius 3 is 2.47 bits per heavy atom. The van der Waals surface area contributed by atoms with Gasteiger partial charge in [0.1, 0.15) is 0 Å². The van der Waals surface area contributed by atoms with Gasteiger partial charge in [0, 0.05) is 6.54 Å². The highest BCUT2D eigenvalue weighted by atomic mass is 14.9. The van der Waals surface area contributed by atoms with Gasteiger partial charge in [-0.3, -0.25) is 0 Å². The Morgan fingerprint density at radius 1 is 1.06 bits per heavy atom. The number of rotatable bonds is 5. The standard InChI is InChI=1S/C15H26N2/c1-2-12(1)15(3-4-15)11-17-10-13-9-14(13)5-7-16-8-6-14/h12-13,16-17H,1-11H2. The molecule has 96 valence electrons. The summed E-state index contributed by atoms with van der Waals surface area (Å²) in [5.74, 6) is 2.13. The van der Waals surface area contributed by atoms with Crippen molar-refractivity contribution in [1.82, 2.24) is 10.6 Å². The predicted octanol–water partition coefficient (Wildman–Crippen LogP) is 2.16. The lowest BCUT2D eigenvalue weighted by molar-refractivity contribution is 0.312. The van der Waals surface area contributed by atoms with Gasteiger partial charge in [0.25, 0.3) is 0 Å². The fraction of sp³-hybridized carbons (Fsp3) is 1.00. The lowest BCUT2D eigenvalue weighted by atomic mass is 9.92. The summed E-state index contributed by atoms with van der Waals surface area (Å²) in [4.78, 5) is 0. The summed E-state index contributed by atoms with van der Waals surface area (Å²) < 4.78 is 0. The highest BCUT2D eigenvalue weighted by Gasteiger charge is 2.55. The molecule has 3 saturated carbocycles. The molecule has 1 unspecified atom stereocenters. The minimum absolute atomic E-state index is 0.772. The summed E-state index contributed by atoms with van der Waals surface area (Å²) in [5.41, 5.74) is 1.56. The summed E-state index contributed by atoms with van der Waals surface area (Å²) in [6.07, 6.45) is 10.5. The second-order valence-electron chi connectivity index (χ2n) is 7.28. The van der Waals surface area contributed by atoms with Gasteiger partial charge in [-0.05, 0) is 87.2 Å². The van der Waals surface area contributed by atoms with Crippen LogP contribution in [-0.4, -0.2) is 26.2 Å². The van der Waals surface area contributed by atoms with Crippen LogP contribution in [0.2, 0.25) is 0 Å². The van der Waals surface area contributed by atoms with Crippen LogP contribution in [-0.2, 0) is 0 Å². The highest BCUT2D eigenvalue weighted by molar-refractivity contribution is 5.07. The van der Waals surface area contributed by atoms with Crippen molar-refractivity contribution in [2.45, 2.75) is 44.9 Å². The number of nitrogens with one attached hydrogen (secondary N) is 2. The van der Waals surface area contributed by atoms with E-state index in [2.05, 4.69) is 10.6 Å². The summed E-state index contributed by atoms with van der Waals surface area (Å²) in [7, 11) is 0. The largest absolute Gasteiger partial charge is 0.317 e. The van der Waals surface area contributed by atoms with E-state index in [1.54, 1.807) is 0 Å². The lowest BCUT2D eigenvalue weighted by Crippen LogP contribution is -2.32. The van der Waals surface area contributed by atoms with Gasteiger partial charge in [0.2, 0.25) is 0 Å². The van der Waals surface area contributed by atoms with Crippen LogP contribution in [0, 0.1) is 22.7 Å². The normalized spacial score (nSPS) is 37.1. The van der Waals surface area contributed by atoms with E-state index in [-0.39, 0.29) is 0 Å². The molecule has 0 bridgehead atoms. The van der Waals surface area contributed by atoms with E-state index in [0.29, 0.717) is 0 Å². The van der Waals surface area contributed by atoms with Gasteiger partial charge in [-0.1, -0.05) is 0 Å². The molecule has 1 saturated heterocycles. The maximum absolute atomic E-state index is 3.82. The quantitative estimate of drug-likeness (QED) is 0.762. The second-order valence-corrected chi connectivity index (χ2v) is 7.28. The second kappa shape index (κ2) is 3.71. The van der Waals surface area contributed by atoms with Crippen molar-refractivity contribution in [3.8, 4) is 0 Å². The lowest BCUT2D eigenvalue weighted by Gasteiger charge is -2.24. The molecule has 17 heavy (non-hydrogen) atoms. The third kappa shape index (κ3) is 1.94. The maximum Gasteiger partial charge on any atom is 0.00106 e. The molecule has 3 aliphatic carbocycles. The van der Waals surface area contributed by atoms with Crippen LogP contribution in [0.5, 0.6) is 0 Å². The molecule has 0 aromatic rings. The van der Waals surface area contributed by atoms with E-state index in [1.807, 2.05) is 0 Å². The number of hydrogen-bond acceptors (Lipinski definition) is 2. The summed E-state index contributed by atoms with van der Waals surface area (Å²) >= 11 is 0. The molecule has 2 nitrogen and oxygen atoms in total. The zero-order chi connectivity index (χ0) is 11.3. The Labute approximate surface area is 105 Å². The average Bonchev–Trinajstić information content (AvgIpc) is 3.20. The minimum Gasteiger partial charge on any atom is -0.317 e. The van der Waals surface area contributed by atoms with Crippen molar-refractivity contribution in [1.29, 1.82) is 0 Å². The van der Waals surface area contributed by atoms with Gasteiger partial charge in [-0.15, -0.1) is 0 Å². The van der Waals surface area contributed by atoms with Gasteiger partial charge in [-0.2, -0.15) is 0 Å². The Morgan fingerprint density at radius 2 is 1.82 bits per heavy atom. The fourth-order valence-corrected chi connectivity index (χ4v) is 4.34. The molecule has 0 amide bonds. The summed E-state index contributed by atoms with van der Waals surface area (Å²) in [6, 6.07) is 0. The zero-order valence-electron chi connectivity index (χ0n) is 10.9. The Bertz CT molecular complexity index is 298. The zero-order valence-corrected chi connectivity index (χ0v) is 10.9. The third-order valence-electron chi connectivity index (χ3n) is 6.16. The SMILES string of the molecule is C1CC2(CCN1)CC2CNCC1(C2CC2)CC1. The molecule has 1 aliphatic heterocycles. The van der Waals surface area contributed by atoms with Crippen LogP contribution >= 0.6 is 0 Å². The van der Waals surface area contributed by atoms with E-state index < -0.39 is 0 Å². The van der Waals surface area contributed by atoms with Crippen molar-refractivity contribution >= 4 is 0 Å². The third-order valence-corrected chi connectivity index (χ3v) is 6.16. The van der Waals surface area contributed by atoms with Crippen molar-refractivity contribution in [2.75, 3.05) is 26.2 Å². The molecule has 0 aromatic heterocycles. The van der Waals surface area contributed by atoms with Gasteiger partial charge in [0.05, 0.1) is 0 Å². The average molecular weight is 234 g/mol. The Balaban J connectivity index is 1.22. The molecule has 2 heteroatoms. The first kappa shape index (κ1) is 10.8. The van der Waals surface area contributed by atoms with Crippen LogP contribution in [0.1, 0.15) is 44.9 Å². The molecular weight excluding hydrogens is 208 g/mol. The smallest absolute Gasteiger partial charge is 0.00106 e. The minimum atomic E-state index is 0.772. The van der Waals surface area contributed by atoms with E-state index >= 15 is 0 Å². The fourth-order valence-electron chi connectivity index (χ4n) is 4.34. The van der Waals surface area contributed by atoms with Crippen molar-refractivity contribution in [2.24, 2.45) is 22.7 Å². The molecule has 2 N–H and O–H groups in total. The van der Waals surface area contributed by atoms with Crippen LogP contribution in [0.15, 0.2) is 0 Å². The van der Waals surface area contributed by atoms with E-state index in [9.17, 15) is 0 Å². The van der Waals surface area contributed by atoms with Gasteiger partial charge in [0.15, 0.2) is 0 Å². The first-order valence-corrected chi connectivity index (χ1v) is 7.75. The van der Waals surface area contributed by atoms with Crippen LogP contribution in [0.3, 0.4) is 0 Å². The first-order valence-electron chi connectivity index (χ1n) is 7.75. The summed E-state index contributed by atoms with van der Waals surface area (Å²) in [6.45, 7) is 5.18. The molecule has 4 rings (SSSR count). The van der Waals surface area contributed by atoms with E-state index in [0.717, 1.165) is 22.7 Å². The predicted molar refractivity (Wildman–Crippen MR) is 69.9 cm³/mol. The van der Waals surface area contributed by atoms with Crippen LogP contribution in [0.4, 0.5) is 0 Å². The van der Waals surface area contributed by atoms with Crippen LogP contribution < -0.4 is 10.6 Å². The highest BCUT2D eigenvalue weighted by Crippen LogP contribution is 2.61. The molecule has 0 radical (unpaired) electrons. The maximum atomic E-state index is 3.82. The van der Waals surface area contributed by atoms with Crippen molar-refractivity contribution < 1.29 is 0 Å². The molecule has 1 atom stereocenters. The van der Waals surface area contributed by atoms with Gasteiger partial charge in [-0.25, -0.2) is 0 Å². The molecule has 0 aromatic carbocycles. The van der Waals surface area contributed by atoms with Crippen molar-refractivity contribution in [3.63, 3.8) is 0 Å². The Kier molecular flexibility index (Phi) is 2.36. The number of piperidine rings is 1. The van der Waals surface area contributed by atoms with E-state index in [1.165, 1.54) is 71.1 Å². The monoisotopic (exact) mass is 234 g/mol. The Hall–Kier alpha value is -0.0800. The molecule has 4 fully saturated rings. The molecule has 4 aliphatic rings. The van der Waals surface area contributed by atoms with Crippen LogP contribution in [0.25, 0.3) is 0 Å². The number of hydrogen-bond donors (Lipinski definition) is 2. The van der Waals surface area contributed by atoms with Crippen molar-refractivity contribution in [3.05, 3.63) is 0 Å². The topological polar surface area (TPSA) is 24.1 Å². The van der Waals surface area contributed by atoms with E-state index in [4.69, 9.17) is 0 Å². The van der Waals surface area contributed by atoms with Gasteiger partial charge >= 0.3 is 0 Å². The first-order chi connectivity index (χ1) is 8.33. The summed E-state index contributed by atoms with van der Waals surface area (Å²) in [5, 5.41) is 7.32. The molecule has 1 spiro atoms. The van der Waals surface area contributed by atoms with Gasteiger partial charge < -0.3 is 10.6 Å². The molecular formula is C15H26N2.